The number of pyridine rings is 1. The topological polar surface area (TPSA) is 130 Å². The molecule has 2 heterocycles. The van der Waals surface area contributed by atoms with Gasteiger partial charge in [-0.2, -0.15) is 0 Å². The fraction of sp³-hybridized carbons (Fsp3) is 0.312. The minimum atomic E-state index is -2.01. The van der Waals surface area contributed by atoms with E-state index >= 15 is 0 Å². The number of methoxy groups -OCH3 is 3. The summed E-state index contributed by atoms with van der Waals surface area (Å²) in [6.45, 7) is 1.74. The summed E-state index contributed by atoms with van der Waals surface area (Å²) in [6, 6.07) is 13.7. The lowest BCUT2D eigenvalue weighted by Crippen LogP contribution is -2.53. The summed E-state index contributed by atoms with van der Waals surface area (Å²) in [5.74, 6) is -3.50. The van der Waals surface area contributed by atoms with Gasteiger partial charge < -0.3 is 28.8 Å². The average Bonchev–Trinajstić information content (AvgIpc) is 3.34. The third-order valence-electron chi connectivity index (χ3n) is 7.85. The molecule has 2 aromatic carbocycles. The number of hydrogen-bond donors (Lipinski definition) is 1. The van der Waals surface area contributed by atoms with Crippen molar-refractivity contribution in [1.82, 2.24) is 4.98 Å². The lowest BCUT2D eigenvalue weighted by Gasteiger charge is -2.38. The molecule has 2 aliphatic rings. The standard InChI is InChI=1S/C32H30ClNO9/c1-17-13-21(35)26(30(37)32(17)31(38)27-23(39-2)15-24(40-3)28(33)29(27)43-32)20(14-25(36)41-4)19-10-5-6-11-22(19)42-16-18-9-7-8-12-34-18/h5-12,15,17,20,37H,13-14,16H2,1-4H3/t17-,20?,32+/m1/s1. The van der Waals surface area contributed by atoms with Crippen LogP contribution in [0.15, 0.2) is 66.1 Å². The van der Waals surface area contributed by atoms with Crippen LogP contribution >= 0.6 is 11.6 Å². The van der Waals surface area contributed by atoms with E-state index in [0.29, 0.717) is 17.0 Å². The summed E-state index contributed by atoms with van der Waals surface area (Å²) in [5.41, 5.74) is -1.05. The van der Waals surface area contributed by atoms with Gasteiger partial charge in [-0.25, -0.2) is 0 Å². The van der Waals surface area contributed by atoms with Gasteiger partial charge in [-0.05, 0) is 18.2 Å². The first-order chi connectivity index (χ1) is 20.7. The maximum Gasteiger partial charge on any atom is 0.306 e. The van der Waals surface area contributed by atoms with Crippen molar-refractivity contribution < 1.29 is 43.2 Å². The van der Waals surface area contributed by atoms with Gasteiger partial charge in [0.15, 0.2) is 17.3 Å². The van der Waals surface area contributed by atoms with Crippen LogP contribution in [0.3, 0.4) is 0 Å². The van der Waals surface area contributed by atoms with Crippen LogP contribution in [-0.2, 0) is 20.9 Å². The van der Waals surface area contributed by atoms with Crippen LogP contribution in [0.5, 0.6) is 23.0 Å². The number of Topliss-reactive ketones (excluding diaryl/α,β-unsaturated/α-hetero) is 2. The highest BCUT2D eigenvalue weighted by Gasteiger charge is 2.61. The molecule has 1 unspecified atom stereocenters. The highest BCUT2D eigenvalue weighted by Crippen LogP contribution is 2.56. The van der Waals surface area contributed by atoms with Crippen molar-refractivity contribution in [2.75, 3.05) is 21.3 Å². The molecule has 0 saturated carbocycles. The van der Waals surface area contributed by atoms with E-state index in [1.54, 1.807) is 49.5 Å². The predicted molar refractivity (Wildman–Crippen MR) is 155 cm³/mol. The molecule has 1 aromatic heterocycles. The number of aliphatic hydroxyl groups is 1. The summed E-state index contributed by atoms with van der Waals surface area (Å²) < 4.78 is 28.1. The van der Waals surface area contributed by atoms with Crippen LogP contribution < -0.4 is 18.9 Å². The SMILES string of the molecule is COC(=O)CC(C1=C(O)[C@@]2(Oc3c(Cl)c(OC)cc(OC)c3C2=O)[C@H](C)CC1=O)c1ccccc1OCc1ccccn1. The molecule has 43 heavy (non-hydrogen) atoms. The number of carbonyl (C=O) groups is 3. The van der Waals surface area contributed by atoms with Crippen LogP contribution in [0.2, 0.25) is 5.02 Å². The zero-order valence-corrected chi connectivity index (χ0v) is 24.8. The van der Waals surface area contributed by atoms with Crippen molar-refractivity contribution in [3.63, 3.8) is 0 Å². The number of rotatable bonds is 9. The third kappa shape index (κ3) is 5.05. The Kier molecular flexibility index (Phi) is 8.32. The number of ether oxygens (including phenoxy) is 5. The second-order valence-corrected chi connectivity index (χ2v) is 10.6. The fourth-order valence-corrected chi connectivity index (χ4v) is 5.96. The molecule has 1 N–H and O–H groups in total. The number of para-hydroxylation sites is 1. The third-order valence-corrected chi connectivity index (χ3v) is 8.21. The number of benzene rings is 2. The number of aromatic nitrogens is 1. The van der Waals surface area contributed by atoms with E-state index < -0.39 is 40.7 Å². The van der Waals surface area contributed by atoms with E-state index in [4.69, 9.17) is 35.3 Å². The minimum absolute atomic E-state index is 0.0151. The van der Waals surface area contributed by atoms with Crippen LogP contribution in [0.4, 0.5) is 0 Å². The van der Waals surface area contributed by atoms with Crippen LogP contribution in [-0.4, -0.2) is 54.6 Å². The summed E-state index contributed by atoms with van der Waals surface area (Å²) in [6.07, 6.45) is 1.15. The average molecular weight is 608 g/mol. The number of ketones is 2. The maximum absolute atomic E-state index is 14.2. The second-order valence-electron chi connectivity index (χ2n) is 10.2. The number of esters is 1. The quantitative estimate of drug-likeness (QED) is 0.315. The Morgan fingerprint density at radius 1 is 1.09 bits per heavy atom. The van der Waals surface area contributed by atoms with E-state index in [9.17, 15) is 19.5 Å². The van der Waals surface area contributed by atoms with Gasteiger partial charge in [0.2, 0.25) is 11.4 Å². The summed E-state index contributed by atoms with van der Waals surface area (Å²) >= 11 is 6.56. The van der Waals surface area contributed by atoms with Gasteiger partial charge in [-0.15, -0.1) is 0 Å². The zero-order chi connectivity index (χ0) is 30.9. The molecule has 0 radical (unpaired) electrons. The molecule has 0 amide bonds. The smallest absolute Gasteiger partial charge is 0.306 e. The minimum Gasteiger partial charge on any atom is -0.507 e. The molecule has 5 rings (SSSR count). The zero-order valence-electron chi connectivity index (χ0n) is 24.0. The number of carbonyl (C=O) groups excluding carboxylic acids is 3. The Morgan fingerprint density at radius 3 is 2.49 bits per heavy atom. The molecule has 1 aliphatic heterocycles. The Hall–Kier alpha value is -4.57. The molecule has 3 atom stereocenters. The monoisotopic (exact) mass is 607 g/mol. The molecular formula is C32H30ClNO9. The molecule has 3 aromatic rings. The molecular weight excluding hydrogens is 578 g/mol. The number of nitrogens with zero attached hydrogens (tertiary/aromatic N) is 1. The maximum atomic E-state index is 14.2. The Bertz CT molecular complexity index is 1620. The number of fused-ring (bicyclic) bond motifs is 1. The van der Waals surface area contributed by atoms with Crippen LogP contribution in [0.1, 0.15) is 47.3 Å². The first kappa shape index (κ1) is 29.9. The van der Waals surface area contributed by atoms with E-state index in [0.717, 1.165) is 0 Å². The predicted octanol–water partition coefficient (Wildman–Crippen LogP) is 5.41. The lowest BCUT2D eigenvalue weighted by atomic mass is 9.69. The highest BCUT2D eigenvalue weighted by atomic mass is 35.5. The molecule has 224 valence electrons. The molecule has 0 fully saturated rings. The lowest BCUT2D eigenvalue weighted by molar-refractivity contribution is -0.140. The van der Waals surface area contributed by atoms with Gasteiger partial charge >= 0.3 is 5.97 Å². The highest BCUT2D eigenvalue weighted by molar-refractivity contribution is 6.35. The Labute approximate surface area is 253 Å². The van der Waals surface area contributed by atoms with E-state index in [1.807, 2.05) is 6.07 Å². The molecule has 11 heteroatoms. The van der Waals surface area contributed by atoms with Crippen molar-refractivity contribution >= 4 is 29.1 Å². The van der Waals surface area contributed by atoms with Gasteiger partial charge in [0.25, 0.3) is 0 Å². The van der Waals surface area contributed by atoms with E-state index in [2.05, 4.69) is 4.98 Å². The van der Waals surface area contributed by atoms with Crippen molar-refractivity contribution in [1.29, 1.82) is 0 Å². The molecule has 10 nitrogen and oxygen atoms in total. The Morgan fingerprint density at radius 2 is 1.81 bits per heavy atom. The summed E-state index contributed by atoms with van der Waals surface area (Å²) in [5, 5.41) is 12.0. The number of hydrogen-bond acceptors (Lipinski definition) is 10. The van der Waals surface area contributed by atoms with Gasteiger partial charge in [0, 0.05) is 41.7 Å². The van der Waals surface area contributed by atoms with Gasteiger partial charge in [0.1, 0.15) is 34.4 Å². The fourth-order valence-electron chi connectivity index (χ4n) is 5.69. The number of aliphatic hydroxyl groups excluding tert-OH is 1. The largest absolute Gasteiger partial charge is 0.507 e. The second kappa shape index (κ2) is 12.0. The first-order valence-electron chi connectivity index (χ1n) is 13.5. The van der Waals surface area contributed by atoms with Crippen molar-refractivity contribution in [2.45, 2.75) is 37.9 Å². The van der Waals surface area contributed by atoms with Gasteiger partial charge in [-0.1, -0.05) is 42.8 Å². The summed E-state index contributed by atoms with van der Waals surface area (Å²) in [7, 11) is 4.01. The van der Waals surface area contributed by atoms with Crippen molar-refractivity contribution in [3.8, 4) is 23.0 Å². The summed E-state index contributed by atoms with van der Waals surface area (Å²) in [4.78, 5) is 45.0. The molecule has 1 spiro atoms. The van der Waals surface area contributed by atoms with Crippen LogP contribution in [0, 0.1) is 5.92 Å². The van der Waals surface area contributed by atoms with E-state index in [1.165, 1.54) is 27.4 Å². The first-order valence-corrected chi connectivity index (χ1v) is 13.9. The van der Waals surface area contributed by atoms with E-state index in [-0.39, 0.29) is 52.9 Å². The Balaban J connectivity index is 1.66. The van der Waals surface area contributed by atoms with Crippen molar-refractivity contribution in [3.05, 3.63) is 87.9 Å². The number of halogens is 1. The molecule has 0 saturated heterocycles. The molecule has 1 aliphatic carbocycles. The normalized spacial score (nSPS) is 20.0. The van der Waals surface area contributed by atoms with Gasteiger partial charge in [-0.3, -0.25) is 19.4 Å². The molecule has 0 bridgehead atoms. The number of allylic oxidation sites excluding steroid dienone is 1. The van der Waals surface area contributed by atoms with Gasteiger partial charge in [0.05, 0.1) is 33.4 Å². The van der Waals surface area contributed by atoms with Crippen molar-refractivity contribution in [2.24, 2.45) is 5.92 Å². The van der Waals surface area contributed by atoms with Crippen LogP contribution in [0.25, 0.3) is 0 Å².